The molecular formula is C16H20N2O3. The summed E-state index contributed by atoms with van der Waals surface area (Å²) < 4.78 is 11.4. The van der Waals surface area contributed by atoms with Crippen molar-refractivity contribution in [2.75, 3.05) is 13.7 Å². The van der Waals surface area contributed by atoms with Gasteiger partial charge in [-0.05, 0) is 31.7 Å². The fourth-order valence-corrected chi connectivity index (χ4v) is 2.85. The summed E-state index contributed by atoms with van der Waals surface area (Å²) in [5.74, 6) is 1.46. The number of aliphatic hydroxyl groups excluding tert-OH is 1. The Morgan fingerprint density at radius 1 is 1.33 bits per heavy atom. The molecule has 1 aliphatic heterocycles. The van der Waals surface area contributed by atoms with Crippen LogP contribution in [0.25, 0.3) is 0 Å². The van der Waals surface area contributed by atoms with E-state index in [-0.39, 0.29) is 12.7 Å². The van der Waals surface area contributed by atoms with Gasteiger partial charge in [0.1, 0.15) is 18.1 Å². The first-order chi connectivity index (χ1) is 10.3. The van der Waals surface area contributed by atoms with Crippen LogP contribution in [0.5, 0.6) is 0 Å². The summed E-state index contributed by atoms with van der Waals surface area (Å²) in [4.78, 5) is 6.42. The highest BCUT2D eigenvalue weighted by Crippen LogP contribution is 2.32. The van der Waals surface area contributed by atoms with Gasteiger partial charge in [-0.1, -0.05) is 6.07 Å². The highest BCUT2D eigenvalue weighted by atomic mass is 16.5. The van der Waals surface area contributed by atoms with E-state index in [1.165, 1.54) is 0 Å². The van der Waals surface area contributed by atoms with Crippen LogP contribution in [0.4, 0.5) is 0 Å². The van der Waals surface area contributed by atoms with Gasteiger partial charge >= 0.3 is 0 Å². The van der Waals surface area contributed by atoms with E-state index in [4.69, 9.17) is 14.3 Å². The number of hydrogen-bond donors (Lipinski definition) is 1. The van der Waals surface area contributed by atoms with E-state index >= 15 is 0 Å². The molecule has 112 valence electrons. The third kappa shape index (κ3) is 3.15. The molecule has 1 aliphatic rings. The number of hydrogen-bond acceptors (Lipinski definition) is 5. The lowest BCUT2D eigenvalue weighted by molar-refractivity contribution is 0.0646. The van der Waals surface area contributed by atoms with Crippen molar-refractivity contribution in [3.63, 3.8) is 0 Å². The molecule has 2 atom stereocenters. The maximum atomic E-state index is 9.05. The van der Waals surface area contributed by atoms with Gasteiger partial charge in [0.25, 0.3) is 0 Å². The molecule has 5 heteroatoms. The summed E-state index contributed by atoms with van der Waals surface area (Å²) in [7, 11) is 2.07. The van der Waals surface area contributed by atoms with Gasteiger partial charge < -0.3 is 14.3 Å². The molecule has 0 radical (unpaired) electrons. The van der Waals surface area contributed by atoms with Crippen LogP contribution in [-0.4, -0.2) is 34.7 Å². The van der Waals surface area contributed by atoms with Crippen LogP contribution in [0.15, 0.2) is 41.1 Å². The van der Waals surface area contributed by atoms with E-state index in [2.05, 4.69) is 23.0 Å². The van der Waals surface area contributed by atoms with Crippen molar-refractivity contribution >= 4 is 0 Å². The van der Waals surface area contributed by atoms with Crippen molar-refractivity contribution < 1.29 is 14.3 Å². The summed E-state index contributed by atoms with van der Waals surface area (Å²) >= 11 is 0. The second-order valence-electron chi connectivity index (χ2n) is 5.38. The maximum Gasteiger partial charge on any atom is 0.129 e. The van der Waals surface area contributed by atoms with Gasteiger partial charge in [-0.3, -0.25) is 9.88 Å². The van der Waals surface area contributed by atoms with E-state index in [0.717, 1.165) is 24.4 Å². The SMILES string of the molecule is CN(Cc1ccc(CO)o1)[C@H]1CCO[C@@H]1c1cccnc1. The first-order valence-electron chi connectivity index (χ1n) is 7.18. The van der Waals surface area contributed by atoms with Crippen LogP contribution in [0.3, 0.4) is 0 Å². The molecule has 1 fully saturated rings. The smallest absolute Gasteiger partial charge is 0.129 e. The molecule has 0 aliphatic carbocycles. The molecule has 0 saturated carbocycles. The van der Waals surface area contributed by atoms with E-state index < -0.39 is 0 Å². The molecule has 0 amide bonds. The molecule has 0 unspecified atom stereocenters. The molecule has 3 rings (SSSR count). The molecule has 1 N–H and O–H groups in total. The number of ether oxygens (including phenoxy) is 1. The number of aliphatic hydroxyl groups is 1. The van der Waals surface area contributed by atoms with Crippen molar-refractivity contribution in [2.45, 2.75) is 31.7 Å². The number of rotatable bonds is 5. The highest BCUT2D eigenvalue weighted by molar-refractivity contribution is 5.16. The quantitative estimate of drug-likeness (QED) is 0.913. The fourth-order valence-electron chi connectivity index (χ4n) is 2.85. The van der Waals surface area contributed by atoms with Crippen LogP contribution < -0.4 is 0 Å². The number of likely N-dealkylation sites (N-methyl/N-ethyl adjacent to an activating group) is 1. The van der Waals surface area contributed by atoms with Gasteiger partial charge in [0.15, 0.2) is 0 Å². The van der Waals surface area contributed by atoms with Gasteiger partial charge in [-0.15, -0.1) is 0 Å². The van der Waals surface area contributed by atoms with Crippen molar-refractivity contribution in [2.24, 2.45) is 0 Å². The summed E-state index contributed by atoms with van der Waals surface area (Å²) in [6, 6.07) is 8.02. The second-order valence-corrected chi connectivity index (χ2v) is 5.38. The van der Waals surface area contributed by atoms with Gasteiger partial charge in [-0.2, -0.15) is 0 Å². The van der Waals surface area contributed by atoms with E-state index in [9.17, 15) is 0 Å². The third-order valence-corrected chi connectivity index (χ3v) is 3.92. The summed E-state index contributed by atoms with van der Waals surface area (Å²) in [6.45, 7) is 1.40. The van der Waals surface area contributed by atoms with Gasteiger partial charge in [-0.25, -0.2) is 0 Å². The van der Waals surface area contributed by atoms with Crippen LogP contribution in [0.1, 0.15) is 29.6 Å². The number of furan rings is 1. The van der Waals surface area contributed by atoms with Crippen LogP contribution in [0, 0.1) is 0 Å². The minimum atomic E-state index is -0.0609. The standard InChI is InChI=1S/C16H20N2O3/c1-18(10-13-4-5-14(11-19)21-13)15-6-8-20-16(15)12-3-2-7-17-9-12/h2-5,7,9,15-16,19H,6,8,10-11H2,1H3/t15-,16+/m0/s1. The Kier molecular flexibility index (Phi) is 4.34. The van der Waals surface area contributed by atoms with Crippen molar-refractivity contribution in [3.8, 4) is 0 Å². The Morgan fingerprint density at radius 2 is 2.19 bits per heavy atom. The first-order valence-corrected chi connectivity index (χ1v) is 7.18. The van der Waals surface area contributed by atoms with Crippen molar-refractivity contribution in [1.29, 1.82) is 0 Å². The highest BCUT2D eigenvalue weighted by Gasteiger charge is 2.33. The molecule has 2 aromatic rings. The molecule has 21 heavy (non-hydrogen) atoms. The zero-order valence-corrected chi connectivity index (χ0v) is 12.1. The number of nitrogens with zero attached hydrogens (tertiary/aromatic N) is 2. The lowest BCUT2D eigenvalue weighted by Gasteiger charge is -2.27. The van der Waals surface area contributed by atoms with E-state index in [1.54, 1.807) is 6.20 Å². The minimum absolute atomic E-state index is 0.0518. The summed E-state index contributed by atoms with van der Waals surface area (Å²) in [6.07, 6.45) is 4.68. The van der Waals surface area contributed by atoms with E-state index in [1.807, 2.05) is 24.4 Å². The lowest BCUT2D eigenvalue weighted by atomic mass is 10.0. The van der Waals surface area contributed by atoms with E-state index in [0.29, 0.717) is 18.3 Å². The van der Waals surface area contributed by atoms with Gasteiger partial charge in [0.2, 0.25) is 0 Å². The second kappa shape index (κ2) is 6.39. The predicted octanol–water partition coefficient (Wildman–Crippen LogP) is 2.13. The molecule has 0 aromatic carbocycles. The van der Waals surface area contributed by atoms with Gasteiger partial charge in [0.05, 0.1) is 12.6 Å². The fraction of sp³-hybridized carbons (Fsp3) is 0.438. The Hall–Kier alpha value is -1.69. The van der Waals surface area contributed by atoms with Crippen LogP contribution >= 0.6 is 0 Å². The van der Waals surface area contributed by atoms with Crippen molar-refractivity contribution in [1.82, 2.24) is 9.88 Å². The topological polar surface area (TPSA) is 58.7 Å². The Labute approximate surface area is 124 Å². The van der Waals surface area contributed by atoms with Crippen LogP contribution in [0.2, 0.25) is 0 Å². The number of pyridine rings is 1. The summed E-state index contributed by atoms with van der Waals surface area (Å²) in [5.41, 5.74) is 1.11. The molecule has 0 bridgehead atoms. The first kappa shape index (κ1) is 14.3. The largest absolute Gasteiger partial charge is 0.462 e. The minimum Gasteiger partial charge on any atom is -0.462 e. The van der Waals surface area contributed by atoms with Crippen LogP contribution in [-0.2, 0) is 17.9 Å². The normalized spacial score (nSPS) is 22.0. The summed E-state index contributed by atoms with van der Waals surface area (Å²) in [5, 5.41) is 9.05. The average Bonchev–Trinajstić information content (AvgIpc) is 3.17. The molecule has 5 nitrogen and oxygen atoms in total. The molecular weight excluding hydrogens is 268 g/mol. The Morgan fingerprint density at radius 3 is 2.90 bits per heavy atom. The third-order valence-electron chi connectivity index (χ3n) is 3.92. The zero-order valence-electron chi connectivity index (χ0n) is 12.1. The Bertz CT molecular complexity index is 570. The van der Waals surface area contributed by atoms with Gasteiger partial charge in [0, 0.05) is 30.6 Å². The van der Waals surface area contributed by atoms with Crippen molar-refractivity contribution in [3.05, 3.63) is 53.7 Å². The molecule has 2 aromatic heterocycles. The lowest BCUT2D eigenvalue weighted by Crippen LogP contribution is -2.33. The average molecular weight is 288 g/mol. The monoisotopic (exact) mass is 288 g/mol. The predicted molar refractivity (Wildman–Crippen MR) is 77.4 cm³/mol. The maximum absolute atomic E-state index is 9.05. The molecule has 1 saturated heterocycles. The zero-order chi connectivity index (χ0) is 14.7. The molecule has 3 heterocycles. The number of aromatic nitrogens is 1. The Balaban J connectivity index is 1.69. The molecule has 0 spiro atoms.